The normalized spacial score (nSPS) is 11.4. The fraction of sp³-hybridized carbons (Fsp3) is 0.0909. The van der Waals surface area contributed by atoms with Gasteiger partial charge in [0.25, 0.3) is 10.0 Å². The number of thiazole rings is 1. The molecule has 0 unspecified atom stereocenters. The number of aromatic nitrogens is 1. The van der Waals surface area contributed by atoms with Crippen LogP contribution in [-0.2, 0) is 10.0 Å². The summed E-state index contributed by atoms with van der Waals surface area (Å²) in [7, 11) is -4.03. The number of benzene rings is 1. The Hall–Kier alpha value is -1.52. The van der Waals surface area contributed by atoms with Gasteiger partial charge in [-0.25, -0.2) is 17.8 Å². The fourth-order valence-corrected chi connectivity index (χ4v) is 4.07. The van der Waals surface area contributed by atoms with Crippen LogP contribution in [0.25, 0.3) is 0 Å². The number of sulfonamides is 1. The average molecular weight is 394 g/mol. The predicted octanol–water partition coefficient (Wildman–Crippen LogP) is 2.63. The van der Waals surface area contributed by atoms with Gasteiger partial charge in [-0.15, -0.1) is 11.3 Å². The first-order chi connectivity index (χ1) is 9.70. The van der Waals surface area contributed by atoms with Gasteiger partial charge in [0.15, 0.2) is 10.9 Å². The van der Waals surface area contributed by atoms with Gasteiger partial charge in [0.05, 0.1) is 10.2 Å². The largest absolute Gasteiger partial charge is 0.398 e. The number of ketones is 1. The molecular formula is C11H9BrFN3O3S2. The Morgan fingerprint density at radius 3 is 2.71 bits per heavy atom. The Balaban J connectivity index is 2.38. The molecule has 112 valence electrons. The molecule has 0 atom stereocenters. The number of nitrogen functional groups attached to an aromatic ring is 1. The lowest BCUT2D eigenvalue weighted by molar-refractivity contribution is 0.101. The predicted molar refractivity (Wildman–Crippen MR) is 81.4 cm³/mol. The van der Waals surface area contributed by atoms with E-state index in [0.717, 1.165) is 23.5 Å². The van der Waals surface area contributed by atoms with Crippen LogP contribution in [0.2, 0.25) is 0 Å². The minimum atomic E-state index is -4.03. The molecule has 0 saturated heterocycles. The molecule has 3 N–H and O–H groups in total. The molecule has 1 heterocycles. The van der Waals surface area contributed by atoms with Crippen LogP contribution in [0.15, 0.2) is 26.9 Å². The maximum atomic E-state index is 13.3. The van der Waals surface area contributed by atoms with Crippen molar-refractivity contribution in [1.82, 2.24) is 4.98 Å². The molecule has 0 fully saturated rings. The average Bonchev–Trinajstić information content (AvgIpc) is 2.81. The number of nitrogens with zero attached hydrogens (tertiary/aromatic N) is 1. The summed E-state index contributed by atoms with van der Waals surface area (Å²) in [4.78, 5) is 14.7. The van der Waals surface area contributed by atoms with Crippen LogP contribution in [0.5, 0.6) is 0 Å². The van der Waals surface area contributed by atoms with E-state index in [9.17, 15) is 17.6 Å². The summed E-state index contributed by atoms with van der Waals surface area (Å²) in [5.41, 5.74) is 5.46. The molecule has 2 aromatic rings. The molecule has 0 radical (unpaired) electrons. The number of carbonyl (C=O) groups is 1. The first-order valence-electron chi connectivity index (χ1n) is 5.44. The van der Waals surface area contributed by atoms with E-state index in [1.54, 1.807) is 0 Å². The van der Waals surface area contributed by atoms with Gasteiger partial charge in [-0.3, -0.25) is 9.52 Å². The van der Waals surface area contributed by atoms with E-state index in [-0.39, 0.29) is 31.7 Å². The molecule has 1 aromatic carbocycles. The van der Waals surface area contributed by atoms with E-state index >= 15 is 0 Å². The van der Waals surface area contributed by atoms with E-state index in [0.29, 0.717) is 0 Å². The van der Waals surface area contributed by atoms with E-state index < -0.39 is 15.8 Å². The highest BCUT2D eigenvalue weighted by molar-refractivity contribution is 9.10. The molecule has 0 bridgehead atoms. The summed E-state index contributed by atoms with van der Waals surface area (Å²) < 4.78 is 39.9. The van der Waals surface area contributed by atoms with E-state index in [1.807, 2.05) is 0 Å². The number of rotatable bonds is 4. The maximum Gasteiger partial charge on any atom is 0.265 e. The highest BCUT2D eigenvalue weighted by Crippen LogP contribution is 2.28. The monoisotopic (exact) mass is 393 g/mol. The Morgan fingerprint density at radius 1 is 1.48 bits per heavy atom. The first kappa shape index (κ1) is 15.9. The molecule has 0 aliphatic carbocycles. The van der Waals surface area contributed by atoms with Crippen molar-refractivity contribution >= 4 is 53.9 Å². The zero-order chi connectivity index (χ0) is 15.8. The second-order valence-electron chi connectivity index (χ2n) is 4.00. The molecule has 0 spiro atoms. The van der Waals surface area contributed by atoms with Crippen LogP contribution in [0.1, 0.15) is 17.4 Å². The fourth-order valence-electron chi connectivity index (χ4n) is 1.43. The van der Waals surface area contributed by atoms with Crippen molar-refractivity contribution in [1.29, 1.82) is 0 Å². The van der Waals surface area contributed by atoms with Crippen LogP contribution in [0, 0.1) is 5.82 Å². The number of Topliss-reactive ketones (excluding diaryl/α,β-unsaturated/α-hetero) is 1. The van der Waals surface area contributed by atoms with Crippen LogP contribution in [0.4, 0.5) is 15.2 Å². The van der Waals surface area contributed by atoms with Gasteiger partial charge in [-0.05, 0) is 28.1 Å². The smallest absolute Gasteiger partial charge is 0.265 e. The van der Waals surface area contributed by atoms with Gasteiger partial charge in [-0.1, -0.05) is 0 Å². The quantitative estimate of drug-likeness (QED) is 0.613. The Kier molecular flexibility index (Phi) is 4.30. The lowest BCUT2D eigenvalue weighted by Gasteiger charge is -2.09. The molecule has 6 nitrogen and oxygen atoms in total. The van der Waals surface area contributed by atoms with Gasteiger partial charge in [0.2, 0.25) is 0 Å². The zero-order valence-corrected chi connectivity index (χ0v) is 13.8. The molecule has 0 aliphatic heterocycles. The van der Waals surface area contributed by atoms with Gasteiger partial charge < -0.3 is 5.73 Å². The minimum Gasteiger partial charge on any atom is -0.398 e. The summed E-state index contributed by atoms with van der Waals surface area (Å²) >= 11 is 3.86. The number of carbonyl (C=O) groups excluding carboxylic acids is 1. The van der Waals surface area contributed by atoms with Gasteiger partial charge in [0, 0.05) is 12.3 Å². The summed E-state index contributed by atoms with van der Waals surface area (Å²) in [5, 5.41) is 1.46. The van der Waals surface area contributed by atoms with Crippen LogP contribution >= 0.6 is 27.3 Å². The van der Waals surface area contributed by atoms with E-state index in [1.165, 1.54) is 12.3 Å². The Bertz CT molecular complexity index is 820. The minimum absolute atomic E-state index is 0.0272. The lowest BCUT2D eigenvalue weighted by Crippen LogP contribution is -2.15. The molecular weight excluding hydrogens is 385 g/mol. The second kappa shape index (κ2) is 5.70. The number of hydrogen-bond donors (Lipinski definition) is 2. The van der Waals surface area contributed by atoms with Crippen molar-refractivity contribution in [3.05, 3.63) is 33.5 Å². The van der Waals surface area contributed by atoms with Crippen molar-refractivity contribution in [2.75, 3.05) is 10.5 Å². The molecule has 10 heteroatoms. The Morgan fingerprint density at radius 2 is 2.14 bits per heavy atom. The molecule has 2 rings (SSSR count). The highest BCUT2D eigenvalue weighted by Gasteiger charge is 2.21. The first-order valence-corrected chi connectivity index (χ1v) is 8.60. The molecule has 1 aromatic heterocycles. The summed E-state index contributed by atoms with van der Waals surface area (Å²) in [6.45, 7) is 1.32. The number of nitrogens with two attached hydrogens (primary N) is 1. The Labute approximate surface area is 132 Å². The number of halogens is 2. The zero-order valence-electron chi connectivity index (χ0n) is 10.6. The van der Waals surface area contributed by atoms with Crippen molar-refractivity contribution in [3.63, 3.8) is 0 Å². The number of anilines is 2. The highest BCUT2D eigenvalue weighted by atomic mass is 79.9. The molecule has 21 heavy (non-hydrogen) atoms. The van der Waals surface area contributed by atoms with Gasteiger partial charge in [0.1, 0.15) is 16.4 Å². The van der Waals surface area contributed by atoms with E-state index in [2.05, 4.69) is 25.6 Å². The topological polar surface area (TPSA) is 102 Å². The van der Waals surface area contributed by atoms with Crippen molar-refractivity contribution in [2.45, 2.75) is 11.8 Å². The van der Waals surface area contributed by atoms with Gasteiger partial charge in [-0.2, -0.15) is 0 Å². The third kappa shape index (κ3) is 3.39. The number of nitrogens with one attached hydrogen (secondary N) is 1. The van der Waals surface area contributed by atoms with Crippen molar-refractivity contribution in [3.8, 4) is 0 Å². The van der Waals surface area contributed by atoms with Gasteiger partial charge >= 0.3 is 0 Å². The van der Waals surface area contributed by atoms with Crippen molar-refractivity contribution < 1.29 is 17.6 Å². The summed E-state index contributed by atoms with van der Waals surface area (Å²) in [5.74, 6) is -0.944. The molecule has 0 saturated carbocycles. The summed E-state index contributed by atoms with van der Waals surface area (Å²) in [6.07, 6.45) is 0. The van der Waals surface area contributed by atoms with Crippen molar-refractivity contribution in [2.24, 2.45) is 0 Å². The second-order valence-corrected chi connectivity index (χ2v) is 7.37. The SMILES string of the molecule is CC(=O)c1csc(NS(=O)(=O)c2cc(Br)c(F)cc2N)n1. The standard InChI is InChI=1S/C11H9BrFN3O3S2/c1-5(17)9-4-20-11(15-9)16-21(18,19)10-2-6(12)7(13)3-8(10)14/h2-4H,14H2,1H3,(H,15,16). The van der Waals surface area contributed by atoms with Crippen LogP contribution < -0.4 is 10.5 Å². The van der Waals surface area contributed by atoms with Crippen LogP contribution in [0.3, 0.4) is 0 Å². The molecule has 0 aliphatic rings. The third-order valence-electron chi connectivity index (χ3n) is 2.43. The lowest BCUT2D eigenvalue weighted by atomic mass is 10.3. The van der Waals surface area contributed by atoms with Crippen LogP contribution in [-0.4, -0.2) is 19.2 Å². The number of hydrogen-bond acceptors (Lipinski definition) is 6. The molecule has 0 amide bonds. The third-order valence-corrected chi connectivity index (χ3v) is 5.32. The van der Waals surface area contributed by atoms with E-state index in [4.69, 9.17) is 5.73 Å². The summed E-state index contributed by atoms with van der Waals surface area (Å²) in [6, 6.07) is 1.97. The maximum absolute atomic E-state index is 13.3.